The Morgan fingerprint density at radius 1 is 1.32 bits per heavy atom. The number of nitrogens with zero attached hydrogens (tertiary/aromatic N) is 1. The third kappa shape index (κ3) is 4.17. The van der Waals surface area contributed by atoms with Crippen molar-refractivity contribution in [3.8, 4) is 5.75 Å². The Hall–Kier alpha value is -1.19. The standard InChI is InChI=1S/C14H16BrNO5S/c1-16(22(18,19)20)8-11(17)9-21-13-7-6-10-4-2-3-5-12(10)14(13)15/h2-7,11,17H,8-9H2,1H3,(H,18,19,20)/p-1. The molecule has 2 aromatic rings. The van der Waals surface area contributed by atoms with Crippen LogP contribution in [0.4, 0.5) is 0 Å². The molecule has 0 saturated carbocycles. The highest BCUT2D eigenvalue weighted by Gasteiger charge is 2.14. The molecule has 2 aromatic carbocycles. The minimum atomic E-state index is -4.56. The van der Waals surface area contributed by atoms with Crippen LogP contribution in [0.3, 0.4) is 0 Å². The zero-order valence-electron chi connectivity index (χ0n) is 11.8. The van der Waals surface area contributed by atoms with Crippen LogP contribution in [0.25, 0.3) is 10.8 Å². The zero-order valence-corrected chi connectivity index (χ0v) is 14.2. The first-order chi connectivity index (χ1) is 10.3. The van der Waals surface area contributed by atoms with Crippen molar-refractivity contribution in [1.82, 2.24) is 4.31 Å². The molecule has 0 heterocycles. The molecule has 0 radical (unpaired) electrons. The van der Waals surface area contributed by atoms with Gasteiger partial charge in [0.2, 0.25) is 0 Å². The predicted molar refractivity (Wildman–Crippen MR) is 85.5 cm³/mol. The molecule has 0 amide bonds. The number of halogens is 1. The summed E-state index contributed by atoms with van der Waals surface area (Å²) in [5.41, 5.74) is 0. The van der Waals surface area contributed by atoms with Crippen molar-refractivity contribution in [1.29, 1.82) is 0 Å². The maximum Gasteiger partial charge on any atom is 0.161 e. The van der Waals surface area contributed by atoms with Gasteiger partial charge in [-0.15, -0.1) is 0 Å². The van der Waals surface area contributed by atoms with Gasteiger partial charge < -0.3 is 14.4 Å². The number of aliphatic hydroxyl groups excluding tert-OH is 1. The molecule has 120 valence electrons. The van der Waals surface area contributed by atoms with Gasteiger partial charge in [-0.05, 0) is 32.8 Å². The molecular weight excluding hydrogens is 374 g/mol. The van der Waals surface area contributed by atoms with E-state index in [1.807, 2.05) is 30.3 Å². The van der Waals surface area contributed by atoms with E-state index in [0.29, 0.717) is 10.1 Å². The highest BCUT2D eigenvalue weighted by molar-refractivity contribution is 9.10. The minimum absolute atomic E-state index is 0.128. The Morgan fingerprint density at radius 2 is 2.00 bits per heavy atom. The van der Waals surface area contributed by atoms with E-state index in [1.165, 1.54) is 0 Å². The van der Waals surface area contributed by atoms with Crippen molar-refractivity contribution in [2.75, 3.05) is 20.2 Å². The summed E-state index contributed by atoms with van der Waals surface area (Å²) in [5.74, 6) is 0.533. The Bertz CT molecular complexity index is 765. The summed E-state index contributed by atoms with van der Waals surface area (Å²) in [6, 6.07) is 11.4. The number of likely N-dealkylation sites (N-methyl/N-ethyl adjacent to an activating group) is 1. The van der Waals surface area contributed by atoms with Crippen LogP contribution in [0.2, 0.25) is 0 Å². The molecule has 6 nitrogen and oxygen atoms in total. The first kappa shape index (κ1) is 17.2. The number of aliphatic hydroxyl groups is 1. The molecule has 0 aliphatic heterocycles. The number of hydrogen-bond donors (Lipinski definition) is 1. The molecule has 0 aliphatic rings. The van der Waals surface area contributed by atoms with Gasteiger partial charge in [0.25, 0.3) is 0 Å². The first-order valence-corrected chi connectivity index (χ1v) is 8.60. The molecule has 2 rings (SSSR count). The maximum absolute atomic E-state index is 10.8. The van der Waals surface area contributed by atoms with E-state index in [4.69, 9.17) is 4.74 Å². The fraction of sp³-hybridized carbons (Fsp3) is 0.286. The van der Waals surface area contributed by atoms with Crippen molar-refractivity contribution in [2.24, 2.45) is 0 Å². The first-order valence-electron chi connectivity index (χ1n) is 6.44. The lowest BCUT2D eigenvalue weighted by molar-refractivity contribution is 0.0913. The van der Waals surface area contributed by atoms with Crippen LogP contribution in [-0.4, -0.2) is 48.7 Å². The van der Waals surface area contributed by atoms with Gasteiger partial charge in [-0.1, -0.05) is 30.3 Å². The summed E-state index contributed by atoms with van der Waals surface area (Å²) in [4.78, 5) is 0. The normalized spacial score (nSPS) is 13.5. The van der Waals surface area contributed by atoms with Crippen LogP contribution >= 0.6 is 15.9 Å². The fourth-order valence-corrected chi connectivity index (χ4v) is 2.91. The van der Waals surface area contributed by atoms with Crippen molar-refractivity contribution in [3.63, 3.8) is 0 Å². The lowest BCUT2D eigenvalue weighted by Gasteiger charge is -2.23. The van der Waals surface area contributed by atoms with E-state index in [2.05, 4.69) is 15.9 Å². The average Bonchev–Trinajstić information content (AvgIpc) is 2.46. The largest absolute Gasteiger partial charge is 0.735 e. The summed E-state index contributed by atoms with van der Waals surface area (Å²) in [6.07, 6.45) is -1.10. The Morgan fingerprint density at radius 3 is 2.68 bits per heavy atom. The Kier molecular flexibility index (Phi) is 5.41. The lowest BCUT2D eigenvalue weighted by atomic mass is 10.1. The van der Waals surface area contributed by atoms with Gasteiger partial charge in [0.15, 0.2) is 10.3 Å². The minimum Gasteiger partial charge on any atom is -0.735 e. The second kappa shape index (κ2) is 6.93. The topological polar surface area (TPSA) is 89.9 Å². The highest BCUT2D eigenvalue weighted by Crippen LogP contribution is 2.33. The fourth-order valence-electron chi connectivity index (χ4n) is 1.95. The second-order valence-corrected chi connectivity index (χ2v) is 7.07. The van der Waals surface area contributed by atoms with E-state index in [1.54, 1.807) is 6.07 Å². The average molecular weight is 389 g/mol. The van der Waals surface area contributed by atoms with Crippen molar-refractivity contribution >= 4 is 37.0 Å². The summed E-state index contributed by atoms with van der Waals surface area (Å²) in [6.45, 7) is -0.451. The summed E-state index contributed by atoms with van der Waals surface area (Å²) in [7, 11) is -3.45. The van der Waals surface area contributed by atoms with Crippen molar-refractivity contribution in [3.05, 3.63) is 40.9 Å². The third-order valence-corrected chi connectivity index (χ3v) is 4.84. The zero-order chi connectivity index (χ0) is 16.3. The molecule has 0 spiro atoms. The predicted octanol–water partition coefficient (Wildman–Crippen LogP) is 1.73. The molecule has 0 aliphatic carbocycles. The SMILES string of the molecule is CN(CC(O)COc1ccc2ccccc2c1Br)S(=O)(=O)[O-]. The molecular formula is C14H15BrNO5S-. The summed E-state index contributed by atoms with van der Waals surface area (Å²) >= 11 is 3.45. The Balaban J connectivity index is 2.04. The number of benzene rings is 2. The van der Waals surface area contributed by atoms with Gasteiger partial charge in [-0.2, -0.15) is 0 Å². The van der Waals surface area contributed by atoms with Crippen LogP contribution in [-0.2, 0) is 10.3 Å². The van der Waals surface area contributed by atoms with Crippen LogP contribution in [0, 0.1) is 0 Å². The number of hydrogen-bond acceptors (Lipinski definition) is 5. The molecule has 0 saturated heterocycles. The highest BCUT2D eigenvalue weighted by atomic mass is 79.9. The van der Waals surface area contributed by atoms with Crippen LogP contribution in [0.15, 0.2) is 40.9 Å². The molecule has 1 atom stereocenters. The molecule has 8 heteroatoms. The summed E-state index contributed by atoms with van der Waals surface area (Å²) in [5, 5.41) is 11.8. The Labute approximate surface area is 137 Å². The van der Waals surface area contributed by atoms with Crippen LogP contribution in [0.1, 0.15) is 0 Å². The maximum atomic E-state index is 10.8. The van der Waals surface area contributed by atoms with Gasteiger partial charge in [-0.25, -0.2) is 12.7 Å². The molecule has 0 aromatic heterocycles. The second-order valence-electron chi connectivity index (χ2n) is 4.80. The smallest absolute Gasteiger partial charge is 0.161 e. The van der Waals surface area contributed by atoms with Crippen LogP contribution < -0.4 is 4.74 Å². The molecule has 1 N–H and O–H groups in total. The lowest BCUT2D eigenvalue weighted by Crippen LogP contribution is -2.36. The quantitative estimate of drug-likeness (QED) is 0.761. The van der Waals surface area contributed by atoms with E-state index < -0.39 is 16.4 Å². The van der Waals surface area contributed by atoms with E-state index in [0.717, 1.165) is 22.3 Å². The van der Waals surface area contributed by atoms with Gasteiger partial charge in [0.1, 0.15) is 18.5 Å². The molecule has 1 unspecified atom stereocenters. The third-order valence-electron chi connectivity index (χ3n) is 3.11. The number of ether oxygens (including phenoxy) is 1. The van der Waals surface area contributed by atoms with E-state index in [9.17, 15) is 18.1 Å². The van der Waals surface area contributed by atoms with E-state index in [-0.39, 0.29) is 13.2 Å². The van der Waals surface area contributed by atoms with Crippen molar-refractivity contribution in [2.45, 2.75) is 6.10 Å². The van der Waals surface area contributed by atoms with E-state index >= 15 is 0 Å². The van der Waals surface area contributed by atoms with Gasteiger partial charge >= 0.3 is 0 Å². The van der Waals surface area contributed by atoms with Gasteiger partial charge in [-0.3, -0.25) is 0 Å². The van der Waals surface area contributed by atoms with Gasteiger partial charge in [0.05, 0.1) is 4.47 Å². The van der Waals surface area contributed by atoms with Crippen LogP contribution in [0.5, 0.6) is 5.75 Å². The molecule has 22 heavy (non-hydrogen) atoms. The monoisotopic (exact) mass is 388 g/mol. The molecule has 0 bridgehead atoms. The van der Waals surface area contributed by atoms with Crippen molar-refractivity contribution < 1.29 is 22.8 Å². The summed E-state index contributed by atoms with van der Waals surface area (Å²) < 4.78 is 39.0. The molecule has 0 fully saturated rings. The van der Waals surface area contributed by atoms with Gasteiger partial charge in [0, 0.05) is 13.6 Å². The number of rotatable bonds is 6. The number of fused-ring (bicyclic) bond motifs is 1.